The highest BCUT2D eigenvalue weighted by atomic mass is 16.3. The molecule has 1 aromatic heterocycles. The summed E-state index contributed by atoms with van der Waals surface area (Å²) >= 11 is 0. The number of aromatic hydroxyl groups is 1. The van der Waals surface area contributed by atoms with Crippen molar-refractivity contribution in [1.82, 2.24) is 9.88 Å². The second-order valence-corrected chi connectivity index (χ2v) is 5.28. The Balaban J connectivity index is 1.83. The second-order valence-electron chi connectivity index (χ2n) is 5.28. The molecule has 1 aromatic carbocycles. The molecule has 0 spiro atoms. The van der Waals surface area contributed by atoms with Crippen LogP contribution < -0.4 is 5.56 Å². The van der Waals surface area contributed by atoms with Gasteiger partial charge >= 0.3 is 0 Å². The van der Waals surface area contributed by atoms with Gasteiger partial charge in [0.2, 0.25) is 5.56 Å². The Morgan fingerprint density at radius 1 is 1.29 bits per heavy atom. The number of H-pyrrole nitrogens is 1. The maximum absolute atomic E-state index is 12.6. The lowest BCUT2D eigenvalue weighted by atomic mass is 10.1. The highest BCUT2D eigenvalue weighted by Gasteiger charge is 2.33. The number of phenolic OH excluding ortho intramolecular Hbond substituents is 1. The summed E-state index contributed by atoms with van der Waals surface area (Å²) < 4.78 is 0. The van der Waals surface area contributed by atoms with Gasteiger partial charge in [0.25, 0.3) is 5.91 Å². The Kier molecular flexibility index (Phi) is 3.48. The van der Waals surface area contributed by atoms with Crippen molar-refractivity contribution in [3.63, 3.8) is 0 Å². The number of aromatic nitrogens is 1. The summed E-state index contributed by atoms with van der Waals surface area (Å²) in [5.74, 6) is 0.0943. The summed E-state index contributed by atoms with van der Waals surface area (Å²) in [4.78, 5) is 28.0. The quantitative estimate of drug-likeness (QED) is 0.900. The number of rotatable bonds is 4. The third-order valence-corrected chi connectivity index (χ3v) is 3.54. The first-order valence-electron chi connectivity index (χ1n) is 6.91. The zero-order valence-corrected chi connectivity index (χ0v) is 11.5. The van der Waals surface area contributed by atoms with Crippen LogP contribution in [0.3, 0.4) is 0 Å². The van der Waals surface area contributed by atoms with E-state index in [1.54, 1.807) is 29.2 Å². The summed E-state index contributed by atoms with van der Waals surface area (Å²) in [5, 5.41) is 9.52. The summed E-state index contributed by atoms with van der Waals surface area (Å²) in [6.45, 7) is 0.455. The molecular weight excluding hydrogens is 268 g/mol. The van der Waals surface area contributed by atoms with Crippen molar-refractivity contribution < 1.29 is 9.90 Å². The van der Waals surface area contributed by atoms with Crippen molar-refractivity contribution in [2.45, 2.75) is 25.4 Å². The van der Waals surface area contributed by atoms with Gasteiger partial charge in [-0.2, -0.15) is 0 Å². The largest absolute Gasteiger partial charge is 0.508 e. The van der Waals surface area contributed by atoms with Gasteiger partial charge in [0.1, 0.15) is 5.75 Å². The number of amides is 1. The van der Waals surface area contributed by atoms with Crippen molar-refractivity contribution in [2.75, 3.05) is 0 Å². The number of carbonyl (C=O) groups excluding carboxylic acids is 1. The van der Waals surface area contributed by atoms with E-state index in [2.05, 4.69) is 4.98 Å². The van der Waals surface area contributed by atoms with E-state index in [4.69, 9.17) is 0 Å². The van der Waals surface area contributed by atoms with E-state index >= 15 is 0 Å². The number of pyridine rings is 1. The third-order valence-electron chi connectivity index (χ3n) is 3.54. The Morgan fingerprint density at radius 3 is 2.71 bits per heavy atom. The first kappa shape index (κ1) is 13.4. The van der Waals surface area contributed by atoms with Gasteiger partial charge in [0.05, 0.1) is 5.56 Å². The highest BCUT2D eigenvalue weighted by Crippen LogP contribution is 2.30. The van der Waals surface area contributed by atoms with Crippen LogP contribution in [0.1, 0.15) is 28.8 Å². The van der Waals surface area contributed by atoms with E-state index in [1.165, 1.54) is 12.3 Å². The molecule has 1 heterocycles. The molecule has 0 bridgehead atoms. The van der Waals surface area contributed by atoms with Crippen LogP contribution in [-0.4, -0.2) is 26.9 Å². The molecule has 3 rings (SSSR count). The van der Waals surface area contributed by atoms with Crippen molar-refractivity contribution >= 4 is 5.91 Å². The Bertz CT molecular complexity index is 699. The van der Waals surface area contributed by atoms with E-state index < -0.39 is 0 Å². The maximum Gasteiger partial charge on any atom is 0.255 e. The van der Waals surface area contributed by atoms with E-state index in [0.29, 0.717) is 12.1 Å². The smallest absolute Gasteiger partial charge is 0.255 e. The first-order valence-corrected chi connectivity index (χ1v) is 6.91. The number of nitrogens with zero attached hydrogens (tertiary/aromatic N) is 1. The predicted octanol–water partition coefficient (Wildman–Crippen LogP) is 1.89. The van der Waals surface area contributed by atoms with Crippen molar-refractivity contribution in [3.05, 3.63) is 64.1 Å². The number of hydrogen-bond donors (Lipinski definition) is 2. The molecule has 0 unspecified atom stereocenters. The van der Waals surface area contributed by atoms with E-state index in [1.807, 2.05) is 6.07 Å². The lowest BCUT2D eigenvalue weighted by molar-refractivity contribution is 0.0729. The van der Waals surface area contributed by atoms with Crippen LogP contribution in [0, 0.1) is 0 Å². The fourth-order valence-corrected chi connectivity index (χ4v) is 2.31. The molecule has 21 heavy (non-hydrogen) atoms. The molecular formula is C16H16N2O3. The van der Waals surface area contributed by atoms with E-state index in [-0.39, 0.29) is 23.3 Å². The standard InChI is InChI=1S/C16H16N2O3/c19-14-3-1-2-11(8-14)10-18(13-5-6-13)16(21)12-4-7-15(20)17-9-12/h1-4,7-9,13,19H,5-6,10H2,(H,17,20). The molecule has 1 amide bonds. The zero-order valence-electron chi connectivity index (χ0n) is 11.5. The van der Waals surface area contributed by atoms with Gasteiger partial charge < -0.3 is 15.0 Å². The van der Waals surface area contributed by atoms with Crippen molar-refractivity contribution in [1.29, 1.82) is 0 Å². The monoisotopic (exact) mass is 284 g/mol. The number of nitrogens with one attached hydrogen (secondary N) is 1. The minimum atomic E-state index is -0.225. The number of carbonyl (C=O) groups is 1. The first-order chi connectivity index (χ1) is 10.1. The second kappa shape index (κ2) is 5.44. The molecule has 2 N–H and O–H groups in total. The molecule has 5 heteroatoms. The summed E-state index contributed by atoms with van der Waals surface area (Å²) in [6, 6.07) is 10.1. The fraction of sp³-hybridized carbons (Fsp3) is 0.250. The van der Waals surface area contributed by atoms with Crippen LogP contribution in [0.2, 0.25) is 0 Å². The number of benzene rings is 1. The molecule has 1 fully saturated rings. The number of hydrogen-bond acceptors (Lipinski definition) is 3. The van der Waals surface area contributed by atoms with Gasteiger partial charge in [-0.05, 0) is 36.6 Å². The Morgan fingerprint density at radius 2 is 2.10 bits per heavy atom. The van der Waals surface area contributed by atoms with Gasteiger partial charge in [-0.3, -0.25) is 9.59 Å². The van der Waals surface area contributed by atoms with Crippen LogP contribution in [0.4, 0.5) is 0 Å². The van der Waals surface area contributed by atoms with Crippen LogP contribution in [-0.2, 0) is 6.54 Å². The maximum atomic E-state index is 12.6. The summed E-state index contributed by atoms with van der Waals surface area (Å²) in [6.07, 6.45) is 3.43. The van der Waals surface area contributed by atoms with Gasteiger partial charge in [-0.25, -0.2) is 0 Å². The molecule has 1 aliphatic carbocycles. The third kappa shape index (κ3) is 3.13. The molecule has 0 atom stereocenters. The molecule has 0 saturated heterocycles. The molecule has 2 aromatic rings. The minimum absolute atomic E-state index is 0.0999. The van der Waals surface area contributed by atoms with Crippen LogP contribution in [0.15, 0.2) is 47.4 Å². The van der Waals surface area contributed by atoms with Gasteiger partial charge in [0, 0.05) is 24.8 Å². The molecule has 0 radical (unpaired) electrons. The van der Waals surface area contributed by atoms with Crippen LogP contribution in [0.5, 0.6) is 5.75 Å². The average molecular weight is 284 g/mol. The number of phenols is 1. The highest BCUT2D eigenvalue weighted by molar-refractivity contribution is 5.94. The average Bonchev–Trinajstić information content (AvgIpc) is 3.29. The summed E-state index contributed by atoms with van der Waals surface area (Å²) in [5.41, 5.74) is 1.14. The SMILES string of the molecule is O=C(c1ccc(=O)[nH]c1)N(Cc1cccc(O)c1)C1CC1. The van der Waals surface area contributed by atoms with Gasteiger partial charge in [-0.15, -0.1) is 0 Å². The predicted molar refractivity (Wildman–Crippen MR) is 78.1 cm³/mol. The number of aromatic amines is 1. The lowest BCUT2D eigenvalue weighted by Gasteiger charge is -2.22. The van der Waals surface area contributed by atoms with E-state index in [0.717, 1.165) is 18.4 Å². The topological polar surface area (TPSA) is 73.4 Å². The van der Waals surface area contributed by atoms with Crippen molar-refractivity contribution in [3.8, 4) is 5.75 Å². The lowest BCUT2D eigenvalue weighted by Crippen LogP contribution is -2.33. The summed E-state index contributed by atoms with van der Waals surface area (Å²) in [7, 11) is 0. The van der Waals surface area contributed by atoms with Gasteiger partial charge in [0.15, 0.2) is 0 Å². The van der Waals surface area contributed by atoms with E-state index in [9.17, 15) is 14.7 Å². The minimum Gasteiger partial charge on any atom is -0.508 e. The molecule has 108 valence electrons. The zero-order chi connectivity index (χ0) is 14.8. The molecule has 1 aliphatic rings. The van der Waals surface area contributed by atoms with Gasteiger partial charge in [-0.1, -0.05) is 12.1 Å². The van der Waals surface area contributed by atoms with Crippen LogP contribution in [0.25, 0.3) is 0 Å². The molecule has 1 saturated carbocycles. The van der Waals surface area contributed by atoms with Crippen molar-refractivity contribution in [2.24, 2.45) is 0 Å². The van der Waals surface area contributed by atoms with Crippen LogP contribution >= 0.6 is 0 Å². The molecule has 0 aliphatic heterocycles. The normalized spacial score (nSPS) is 13.9. The fourth-order valence-electron chi connectivity index (χ4n) is 2.31. The Hall–Kier alpha value is -2.56. The Labute approximate surface area is 121 Å². The molecule has 5 nitrogen and oxygen atoms in total.